The number of carbonyl (C=O) groups is 3. The van der Waals surface area contributed by atoms with Gasteiger partial charge in [0, 0.05) is 6.54 Å². The van der Waals surface area contributed by atoms with E-state index in [0.717, 1.165) is 10.4 Å². The van der Waals surface area contributed by atoms with E-state index in [4.69, 9.17) is 13.9 Å². The van der Waals surface area contributed by atoms with Gasteiger partial charge < -0.3 is 19.2 Å². The summed E-state index contributed by atoms with van der Waals surface area (Å²) in [6, 6.07) is 19.8. The fourth-order valence-corrected chi connectivity index (χ4v) is 10.1. The number of imide groups is 1. The van der Waals surface area contributed by atoms with Gasteiger partial charge in [0.1, 0.15) is 11.2 Å². The molecule has 1 N–H and O–H groups in total. The zero-order chi connectivity index (χ0) is 31.6. The third-order valence-electron chi connectivity index (χ3n) is 7.31. The fraction of sp³-hybridized carbons (Fsp3) is 0.545. The van der Waals surface area contributed by atoms with Crippen LogP contribution in [-0.4, -0.2) is 61.7 Å². The maximum absolute atomic E-state index is 13.9. The Bertz CT molecular complexity index is 1210. The number of benzene rings is 2. The summed E-state index contributed by atoms with van der Waals surface area (Å²) in [5, 5.41) is 4.66. The van der Waals surface area contributed by atoms with Crippen molar-refractivity contribution in [1.82, 2.24) is 10.2 Å². The number of amides is 3. The van der Waals surface area contributed by atoms with Crippen LogP contribution in [-0.2, 0) is 18.7 Å². The van der Waals surface area contributed by atoms with Crippen LogP contribution in [0.2, 0.25) is 5.04 Å². The summed E-state index contributed by atoms with van der Waals surface area (Å²) >= 11 is 0. The Morgan fingerprint density at radius 1 is 0.857 bits per heavy atom. The highest BCUT2D eigenvalue weighted by Gasteiger charge is 2.55. The van der Waals surface area contributed by atoms with Gasteiger partial charge in [-0.25, -0.2) is 14.5 Å². The molecule has 42 heavy (non-hydrogen) atoms. The van der Waals surface area contributed by atoms with Gasteiger partial charge in [0.25, 0.3) is 8.32 Å². The number of alkyl carbamates (subject to hydrolysis) is 1. The number of likely N-dealkylation sites (tertiary alicyclic amines) is 1. The first-order chi connectivity index (χ1) is 19.3. The van der Waals surface area contributed by atoms with Crippen molar-refractivity contribution in [3.05, 3.63) is 60.7 Å². The van der Waals surface area contributed by atoms with Crippen LogP contribution in [0.3, 0.4) is 0 Å². The van der Waals surface area contributed by atoms with Crippen molar-refractivity contribution in [3.63, 3.8) is 0 Å². The van der Waals surface area contributed by atoms with E-state index in [2.05, 4.69) is 50.4 Å². The third-order valence-corrected chi connectivity index (χ3v) is 12.3. The zero-order valence-corrected chi connectivity index (χ0v) is 27.9. The molecule has 3 amide bonds. The molecule has 1 aliphatic rings. The number of ether oxygens (including phenoxy) is 2. The number of hydrogen-bond donors (Lipinski definition) is 1. The van der Waals surface area contributed by atoms with Gasteiger partial charge in [-0.05, 0) is 70.3 Å². The monoisotopic (exact) mass is 596 g/mol. The predicted molar refractivity (Wildman–Crippen MR) is 167 cm³/mol. The number of hydrogen-bond acceptors (Lipinski definition) is 6. The number of nitrogens with one attached hydrogen (secondary N) is 1. The molecule has 0 aliphatic carbocycles. The maximum atomic E-state index is 13.9. The van der Waals surface area contributed by atoms with Crippen LogP contribution in [0.25, 0.3) is 0 Å². The van der Waals surface area contributed by atoms with Gasteiger partial charge >= 0.3 is 12.2 Å². The van der Waals surface area contributed by atoms with Crippen LogP contribution in [0.5, 0.6) is 0 Å². The molecule has 0 radical (unpaired) electrons. The summed E-state index contributed by atoms with van der Waals surface area (Å²) in [5.41, 5.74) is -2.54. The predicted octanol–water partition coefficient (Wildman–Crippen LogP) is 5.63. The quantitative estimate of drug-likeness (QED) is 0.417. The van der Waals surface area contributed by atoms with E-state index in [9.17, 15) is 14.4 Å². The highest BCUT2D eigenvalue weighted by molar-refractivity contribution is 6.99. The summed E-state index contributed by atoms with van der Waals surface area (Å²) in [5.74, 6) is -0.413. The van der Waals surface area contributed by atoms with Crippen LogP contribution in [0.15, 0.2) is 60.7 Å². The Hall–Kier alpha value is -3.17. The lowest BCUT2D eigenvalue weighted by Crippen LogP contribution is -2.67. The van der Waals surface area contributed by atoms with Crippen LogP contribution in [0.1, 0.15) is 75.7 Å². The van der Waals surface area contributed by atoms with Crippen molar-refractivity contribution in [1.29, 1.82) is 0 Å². The molecule has 0 aromatic heterocycles. The molecule has 1 aliphatic heterocycles. The summed E-state index contributed by atoms with van der Waals surface area (Å²) in [6.07, 6.45) is -1.05. The minimum Gasteiger partial charge on any atom is -0.444 e. The van der Waals surface area contributed by atoms with E-state index in [1.165, 1.54) is 4.90 Å². The molecule has 2 aromatic rings. The van der Waals surface area contributed by atoms with E-state index in [-0.39, 0.29) is 18.2 Å². The van der Waals surface area contributed by atoms with Gasteiger partial charge in [0.05, 0.1) is 18.1 Å². The maximum Gasteiger partial charge on any atom is 0.417 e. The van der Waals surface area contributed by atoms with Gasteiger partial charge in [-0.15, -0.1) is 0 Å². The van der Waals surface area contributed by atoms with Crippen LogP contribution in [0.4, 0.5) is 9.59 Å². The fourth-order valence-electron chi connectivity index (χ4n) is 5.54. The van der Waals surface area contributed by atoms with Crippen molar-refractivity contribution in [2.45, 2.75) is 97.9 Å². The van der Waals surface area contributed by atoms with Gasteiger partial charge in [-0.1, -0.05) is 81.4 Å². The molecule has 1 heterocycles. The second-order valence-electron chi connectivity index (χ2n) is 14.4. The summed E-state index contributed by atoms with van der Waals surface area (Å²) in [6.45, 7) is 19.1. The molecule has 2 aromatic carbocycles. The van der Waals surface area contributed by atoms with Gasteiger partial charge in [-0.3, -0.25) is 4.79 Å². The molecular formula is C33H48N2O6Si. The molecular weight excluding hydrogens is 548 g/mol. The van der Waals surface area contributed by atoms with E-state index < -0.39 is 49.1 Å². The first kappa shape index (κ1) is 33.3. The Balaban J connectivity index is 2.00. The first-order valence-corrected chi connectivity index (χ1v) is 16.5. The average molecular weight is 597 g/mol. The Morgan fingerprint density at radius 3 is 1.76 bits per heavy atom. The molecule has 0 bridgehead atoms. The van der Waals surface area contributed by atoms with Crippen molar-refractivity contribution in [2.75, 3.05) is 13.2 Å². The Morgan fingerprint density at radius 2 is 1.33 bits per heavy atom. The van der Waals surface area contributed by atoms with E-state index in [1.54, 1.807) is 48.5 Å². The Labute approximate surface area is 252 Å². The number of rotatable bonds is 7. The molecule has 8 nitrogen and oxygen atoms in total. The second kappa shape index (κ2) is 12.2. The second-order valence-corrected chi connectivity index (χ2v) is 18.7. The SMILES string of the molecule is CC(C)(C)OC(=O)NC[C@]1(C)C[C@@H](CO[Si](c2ccccc2)(c2ccccc2)C(C)(C)C)N(C(=O)OC(C)(C)C)C1=O. The van der Waals surface area contributed by atoms with E-state index in [1.807, 2.05) is 36.4 Å². The zero-order valence-electron chi connectivity index (χ0n) is 26.9. The lowest BCUT2D eigenvalue weighted by molar-refractivity contribution is -0.135. The summed E-state index contributed by atoms with van der Waals surface area (Å²) in [4.78, 5) is 41.1. The van der Waals surface area contributed by atoms with E-state index >= 15 is 0 Å². The van der Waals surface area contributed by atoms with Crippen LogP contribution >= 0.6 is 0 Å². The normalized spacial score (nSPS) is 19.9. The van der Waals surface area contributed by atoms with Crippen molar-refractivity contribution in [3.8, 4) is 0 Å². The largest absolute Gasteiger partial charge is 0.444 e. The Kier molecular flexibility index (Phi) is 9.69. The van der Waals surface area contributed by atoms with Crippen LogP contribution < -0.4 is 15.7 Å². The highest BCUT2D eigenvalue weighted by atomic mass is 28.4. The molecule has 1 saturated heterocycles. The van der Waals surface area contributed by atoms with Gasteiger partial charge in [0.15, 0.2) is 0 Å². The molecule has 1 fully saturated rings. The van der Waals surface area contributed by atoms with Crippen molar-refractivity contribution >= 4 is 36.8 Å². The lowest BCUT2D eigenvalue weighted by atomic mass is 9.87. The first-order valence-electron chi connectivity index (χ1n) is 14.6. The van der Waals surface area contributed by atoms with Crippen molar-refractivity contribution in [2.24, 2.45) is 5.41 Å². The minimum atomic E-state index is -2.94. The smallest absolute Gasteiger partial charge is 0.417 e. The molecule has 3 rings (SSSR count). The molecule has 2 atom stereocenters. The lowest BCUT2D eigenvalue weighted by Gasteiger charge is -2.44. The minimum absolute atomic E-state index is 0.00968. The molecule has 230 valence electrons. The third kappa shape index (κ3) is 7.61. The van der Waals surface area contributed by atoms with Gasteiger partial charge in [-0.2, -0.15) is 0 Å². The number of nitrogens with zero attached hydrogens (tertiary/aromatic N) is 1. The molecule has 0 spiro atoms. The highest BCUT2D eigenvalue weighted by Crippen LogP contribution is 2.40. The van der Waals surface area contributed by atoms with Crippen LogP contribution in [0, 0.1) is 5.41 Å². The molecule has 0 saturated carbocycles. The van der Waals surface area contributed by atoms with Crippen molar-refractivity contribution < 1.29 is 28.3 Å². The summed E-state index contributed by atoms with van der Waals surface area (Å²) in [7, 11) is -2.94. The van der Waals surface area contributed by atoms with E-state index in [0.29, 0.717) is 6.42 Å². The average Bonchev–Trinajstić information content (AvgIpc) is 3.11. The number of carbonyl (C=O) groups excluding carboxylic acids is 3. The van der Waals surface area contributed by atoms with Gasteiger partial charge in [0.2, 0.25) is 5.91 Å². The topological polar surface area (TPSA) is 94.2 Å². The summed E-state index contributed by atoms with van der Waals surface area (Å²) < 4.78 is 18.2. The molecule has 9 heteroatoms. The molecule has 0 unspecified atom stereocenters. The standard InChI is InChI=1S/C33H48N2O6Si/c1-30(2,3)40-28(37)34-23-33(10)21-24(35(27(33)36)29(38)41-31(4,5)6)22-39-42(32(7,8)9,25-17-13-11-14-18-25)26-19-15-12-16-20-26/h11-20,24H,21-23H2,1-10H3,(H,34,37)/t24-,33-/m0/s1.